The average Bonchev–Trinajstić information content (AvgIpc) is 2.95. The molecule has 1 aromatic heterocycles. The number of hydrogen-bond donors (Lipinski definition) is 1. The van der Waals surface area contributed by atoms with Crippen LogP contribution in [-0.4, -0.2) is 34.1 Å². The summed E-state index contributed by atoms with van der Waals surface area (Å²) in [5.41, 5.74) is 0.787. The van der Waals surface area contributed by atoms with Gasteiger partial charge in [-0.05, 0) is 44.2 Å². The SMILES string of the molecule is Fc1cc(F)c2[nH]c(=S)n(CCN3CCCC3)c2c1. The van der Waals surface area contributed by atoms with Crippen LogP contribution in [0.15, 0.2) is 12.1 Å². The van der Waals surface area contributed by atoms with E-state index < -0.39 is 11.6 Å². The first-order valence-corrected chi connectivity index (χ1v) is 6.86. The molecule has 1 aliphatic rings. The first-order valence-electron chi connectivity index (χ1n) is 6.45. The van der Waals surface area contributed by atoms with E-state index in [0.29, 0.717) is 16.8 Å². The van der Waals surface area contributed by atoms with Crippen molar-refractivity contribution in [3.05, 3.63) is 28.5 Å². The standard InChI is InChI=1S/C13H15F2N3S/c14-9-7-10(15)12-11(8-9)18(13(19)16-12)6-5-17-3-1-2-4-17/h7-8H,1-6H2,(H,16,19). The summed E-state index contributed by atoms with van der Waals surface area (Å²) in [5.74, 6) is -1.17. The van der Waals surface area contributed by atoms with Gasteiger partial charge in [-0.15, -0.1) is 0 Å². The Balaban J connectivity index is 1.93. The van der Waals surface area contributed by atoms with Crippen LogP contribution < -0.4 is 0 Å². The van der Waals surface area contributed by atoms with Crippen LogP contribution in [0.5, 0.6) is 0 Å². The molecule has 102 valence electrons. The number of nitrogens with one attached hydrogen (secondary N) is 1. The average molecular weight is 283 g/mol. The van der Waals surface area contributed by atoms with Crippen molar-refractivity contribution in [1.82, 2.24) is 14.5 Å². The zero-order valence-electron chi connectivity index (χ0n) is 10.5. The lowest BCUT2D eigenvalue weighted by atomic mass is 10.3. The zero-order valence-corrected chi connectivity index (χ0v) is 11.3. The van der Waals surface area contributed by atoms with Crippen LogP contribution in [-0.2, 0) is 6.54 Å². The molecule has 0 saturated carbocycles. The number of fused-ring (bicyclic) bond motifs is 1. The molecule has 3 nitrogen and oxygen atoms in total. The van der Waals surface area contributed by atoms with Crippen molar-refractivity contribution >= 4 is 23.3 Å². The van der Waals surface area contributed by atoms with Gasteiger partial charge in [-0.25, -0.2) is 8.78 Å². The Bertz CT molecular complexity index is 656. The largest absolute Gasteiger partial charge is 0.328 e. The smallest absolute Gasteiger partial charge is 0.178 e. The van der Waals surface area contributed by atoms with Crippen LogP contribution in [0, 0.1) is 16.4 Å². The fourth-order valence-corrected chi connectivity index (χ4v) is 2.94. The third kappa shape index (κ3) is 2.42. The lowest BCUT2D eigenvalue weighted by molar-refractivity contribution is 0.323. The Labute approximate surface area is 114 Å². The van der Waals surface area contributed by atoms with Gasteiger partial charge in [-0.2, -0.15) is 0 Å². The Kier molecular flexibility index (Phi) is 3.36. The van der Waals surface area contributed by atoms with Crippen LogP contribution in [0.1, 0.15) is 12.8 Å². The molecule has 1 saturated heterocycles. The number of imidazole rings is 1. The van der Waals surface area contributed by atoms with Gasteiger partial charge < -0.3 is 14.5 Å². The second-order valence-electron chi connectivity index (χ2n) is 4.91. The highest BCUT2D eigenvalue weighted by Crippen LogP contribution is 2.19. The lowest BCUT2D eigenvalue weighted by Gasteiger charge is -2.15. The van der Waals surface area contributed by atoms with Crippen molar-refractivity contribution in [2.45, 2.75) is 19.4 Å². The maximum atomic E-state index is 13.6. The molecule has 0 spiro atoms. The normalized spacial score (nSPS) is 16.5. The van der Waals surface area contributed by atoms with E-state index in [1.54, 1.807) is 4.57 Å². The van der Waals surface area contributed by atoms with Crippen molar-refractivity contribution in [3.8, 4) is 0 Å². The Morgan fingerprint density at radius 2 is 1.89 bits per heavy atom. The first kappa shape index (κ1) is 12.7. The molecule has 6 heteroatoms. The predicted octanol–water partition coefficient (Wildman–Crippen LogP) is 3.07. The number of hydrogen-bond acceptors (Lipinski definition) is 2. The van der Waals surface area contributed by atoms with Gasteiger partial charge in [0, 0.05) is 19.2 Å². The highest BCUT2D eigenvalue weighted by atomic mass is 32.1. The van der Waals surface area contributed by atoms with E-state index in [1.165, 1.54) is 18.9 Å². The topological polar surface area (TPSA) is 24.0 Å². The highest BCUT2D eigenvalue weighted by molar-refractivity contribution is 7.71. The van der Waals surface area contributed by atoms with Crippen LogP contribution in [0.3, 0.4) is 0 Å². The Hall–Kier alpha value is -1.27. The molecule has 0 unspecified atom stereocenters. The van der Waals surface area contributed by atoms with E-state index in [-0.39, 0.29) is 5.52 Å². The van der Waals surface area contributed by atoms with Gasteiger partial charge in [-0.1, -0.05) is 0 Å². The minimum absolute atomic E-state index is 0.285. The van der Waals surface area contributed by atoms with Crippen LogP contribution >= 0.6 is 12.2 Å². The van der Waals surface area contributed by atoms with Gasteiger partial charge in [0.15, 0.2) is 10.6 Å². The molecule has 1 aliphatic heterocycles. The molecule has 3 rings (SSSR count). The Morgan fingerprint density at radius 1 is 1.16 bits per heavy atom. The Morgan fingerprint density at radius 3 is 2.63 bits per heavy atom. The fraction of sp³-hybridized carbons (Fsp3) is 0.462. The van der Waals surface area contributed by atoms with E-state index in [0.717, 1.165) is 25.7 Å². The number of aromatic amines is 1. The summed E-state index contributed by atoms with van der Waals surface area (Å²) in [6.07, 6.45) is 2.45. The molecule has 0 amide bonds. The number of rotatable bonds is 3. The molecular weight excluding hydrogens is 268 g/mol. The summed E-state index contributed by atoms with van der Waals surface area (Å²) in [4.78, 5) is 5.16. The third-order valence-electron chi connectivity index (χ3n) is 3.64. The van der Waals surface area contributed by atoms with E-state index in [1.807, 2.05) is 0 Å². The molecule has 19 heavy (non-hydrogen) atoms. The number of halogens is 2. The molecule has 1 N–H and O–H groups in total. The van der Waals surface area contributed by atoms with Gasteiger partial charge in [0.2, 0.25) is 0 Å². The molecule has 1 fully saturated rings. The monoisotopic (exact) mass is 283 g/mol. The molecule has 0 bridgehead atoms. The summed E-state index contributed by atoms with van der Waals surface area (Å²) in [6, 6.07) is 2.20. The van der Waals surface area contributed by atoms with E-state index in [4.69, 9.17) is 12.2 Å². The van der Waals surface area contributed by atoms with E-state index in [2.05, 4.69) is 9.88 Å². The minimum atomic E-state index is -0.596. The number of nitrogens with zero attached hydrogens (tertiary/aromatic N) is 2. The second-order valence-corrected chi connectivity index (χ2v) is 5.30. The van der Waals surface area contributed by atoms with Gasteiger partial charge >= 0.3 is 0 Å². The molecular formula is C13H15F2N3S. The van der Waals surface area contributed by atoms with Gasteiger partial charge in [0.1, 0.15) is 11.3 Å². The van der Waals surface area contributed by atoms with E-state index in [9.17, 15) is 8.78 Å². The lowest BCUT2D eigenvalue weighted by Crippen LogP contribution is -2.24. The first-order chi connectivity index (χ1) is 9.15. The van der Waals surface area contributed by atoms with Crippen molar-refractivity contribution in [1.29, 1.82) is 0 Å². The van der Waals surface area contributed by atoms with Gasteiger partial charge in [0.25, 0.3) is 0 Å². The maximum Gasteiger partial charge on any atom is 0.178 e. The van der Waals surface area contributed by atoms with Crippen molar-refractivity contribution in [3.63, 3.8) is 0 Å². The van der Waals surface area contributed by atoms with E-state index >= 15 is 0 Å². The highest BCUT2D eigenvalue weighted by Gasteiger charge is 2.14. The molecule has 2 aromatic rings. The van der Waals surface area contributed by atoms with Crippen molar-refractivity contribution < 1.29 is 8.78 Å². The van der Waals surface area contributed by atoms with Gasteiger partial charge in [0.05, 0.1) is 5.52 Å². The number of benzene rings is 1. The second kappa shape index (κ2) is 5.02. The predicted molar refractivity (Wildman–Crippen MR) is 72.7 cm³/mol. The van der Waals surface area contributed by atoms with Gasteiger partial charge in [-0.3, -0.25) is 0 Å². The molecule has 0 aliphatic carbocycles. The molecule has 0 atom stereocenters. The minimum Gasteiger partial charge on any atom is -0.328 e. The molecule has 1 aromatic carbocycles. The van der Waals surface area contributed by atoms with Crippen LogP contribution in [0.25, 0.3) is 11.0 Å². The van der Waals surface area contributed by atoms with Crippen molar-refractivity contribution in [2.75, 3.05) is 19.6 Å². The molecule has 0 radical (unpaired) electrons. The molecule has 2 heterocycles. The quantitative estimate of drug-likeness (QED) is 0.875. The maximum absolute atomic E-state index is 13.6. The number of likely N-dealkylation sites (tertiary alicyclic amines) is 1. The fourth-order valence-electron chi connectivity index (χ4n) is 2.65. The summed E-state index contributed by atoms with van der Waals surface area (Å²) in [6.45, 7) is 3.71. The van der Waals surface area contributed by atoms with Crippen molar-refractivity contribution in [2.24, 2.45) is 0 Å². The summed E-state index contributed by atoms with van der Waals surface area (Å²) < 4.78 is 29.2. The van der Waals surface area contributed by atoms with Crippen LogP contribution in [0.2, 0.25) is 0 Å². The number of aromatic nitrogens is 2. The summed E-state index contributed by atoms with van der Waals surface area (Å²) in [7, 11) is 0. The summed E-state index contributed by atoms with van der Waals surface area (Å²) in [5, 5.41) is 0. The summed E-state index contributed by atoms with van der Waals surface area (Å²) >= 11 is 5.20. The number of H-pyrrole nitrogens is 1. The third-order valence-corrected chi connectivity index (χ3v) is 3.96. The zero-order chi connectivity index (χ0) is 13.4. The van der Waals surface area contributed by atoms with Crippen LogP contribution in [0.4, 0.5) is 8.78 Å².